The molecule has 218 valence electrons. The number of hydrogen-bond acceptors (Lipinski definition) is 5. The van der Waals surface area contributed by atoms with Crippen LogP contribution in [0.4, 0.5) is 0 Å². The van der Waals surface area contributed by atoms with Crippen molar-refractivity contribution < 1.29 is 24.3 Å². The summed E-state index contributed by atoms with van der Waals surface area (Å²) in [6.07, 6.45) is 3.59. The molecular formula is C31H39N5O5. The standard InChI is InChI=1S/C31H39N5O5/c1-19(2)15-25(34-28(37)23(32)17-21-18-33-24-12-7-6-11-22(21)24)29(38)35-26(16-20-9-4-3-5-10-20)30(39)36-14-8-13-27(36)31(40)41/h3-7,9-12,18-19,23,25-27,33H,8,13-17,32H2,1-2H3,(H,34,37)(H,35,38)(H,40,41). The maximum Gasteiger partial charge on any atom is 0.326 e. The fourth-order valence-corrected chi connectivity index (χ4v) is 5.42. The minimum atomic E-state index is -1.06. The molecule has 1 aliphatic rings. The Morgan fingerprint density at radius 3 is 2.37 bits per heavy atom. The van der Waals surface area contributed by atoms with Crippen molar-refractivity contribution in [3.63, 3.8) is 0 Å². The van der Waals surface area contributed by atoms with Gasteiger partial charge in [-0.2, -0.15) is 0 Å². The van der Waals surface area contributed by atoms with Crippen molar-refractivity contribution in [3.05, 3.63) is 71.9 Å². The molecule has 2 heterocycles. The third-order valence-corrected chi connectivity index (χ3v) is 7.51. The number of rotatable bonds is 12. The van der Waals surface area contributed by atoms with E-state index in [0.717, 1.165) is 22.0 Å². The van der Waals surface area contributed by atoms with E-state index in [4.69, 9.17) is 5.73 Å². The van der Waals surface area contributed by atoms with Gasteiger partial charge in [-0.15, -0.1) is 0 Å². The highest BCUT2D eigenvalue weighted by Gasteiger charge is 2.38. The van der Waals surface area contributed by atoms with Crippen molar-refractivity contribution in [2.45, 2.75) is 70.1 Å². The molecule has 6 N–H and O–H groups in total. The lowest BCUT2D eigenvalue weighted by atomic mass is 9.99. The smallest absolute Gasteiger partial charge is 0.326 e. The van der Waals surface area contributed by atoms with E-state index in [1.54, 1.807) is 0 Å². The van der Waals surface area contributed by atoms with Crippen LogP contribution in [0.15, 0.2) is 60.8 Å². The van der Waals surface area contributed by atoms with Crippen molar-refractivity contribution in [2.75, 3.05) is 6.54 Å². The third-order valence-electron chi connectivity index (χ3n) is 7.51. The SMILES string of the molecule is CC(C)CC(NC(=O)C(N)Cc1c[nH]c2ccccc12)C(=O)NC(Cc1ccccc1)C(=O)N1CCCC1C(=O)O. The lowest BCUT2D eigenvalue weighted by molar-refractivity contribution is -0.149. The minimum Gasteiger partial charge on any atom is -0.480 e. The highest BCUT2D eigenvalue weighted by Crippen LogP contribution is 2.21. The van der Waals surface area contributed by atoms with Crippen LogP contribution in [0.1, 0.15) is 44.2 Å². The average molecular weight is 562 g/mol. The zero-order valence-corrected chi connectivity index (χ0v) is 23.5. The fraction of sp³-hybridized carbons (Fsp3) is 0.419. The normalized spacial score (nSPS) is 17.3. The molecule has 1 aromatic heterocycles. The number of carbonyl (C=O) groups excluding carboxylic acids is 3. The lowest BCUT2D eigenvalue weighted by Gasteiger charge is -2.29. The van der Waals surface area contributed by atoms with E-state index in [1.807, 2.05) is 74.6 Å². The summed E-state index contributed by atoms with van der Waals surface area (Å²) in [5.41, 5.74) is 8.96. The molecule has 41 heavy (non-hydrogen) atoms. The van der Waals surface area contributed by atoms with Gasteiger partial charge < -0.3 is 31.4 Å². The molecule has 1 fully saturated rings. The fourth-order valence-electron chi connectivity index (χ4n) is 5.42. The molecule has 10 nitrogen and oxygen atoms in total. The Bertz CT molecular complexity index is 1370. The molecule has 0 aliphatic carbocycles. The van der Waals surface area contributed by atoms with E-state index in [1.165, 1.54) is 4.90 Å². The third kappa shape index (κ3) is 7.52. The second-order valence-corrected chi connectivity index (χ2v) is 11.1. The number of carboxylic acids is 1. The number of benzene rings is 2. The van der Waals surface area contributed by atoms with E-state index in [2.05, 4.69) is 15.6 Å². The van der Waals surface area contributed by atoms with E-state index >= 15 is 0 Å². The van der Waals surface area contributed by atoms with Crippen LogP contribution < -0.4 is 16.4 Å². The number of amides is 3. The molecule has 0 saturated carbocycles. The number of nitrogens with zero attached hydrogens (tertiary/aromatic N) is 1. The summed E-state index contributed by atoms with van der Waals surface area (Å²) in [4.78, 5) is 56.7. The molecule has 0 radical (unpaired) electrons. The number of aromatic amines is 1. The second-order valence-electron chi connectivity index (χ2n) is 11.1. The van der Waals surface area contributed by atoms with Gasteiger partial charge in [0.2, 0.25) is 17.7 Å². The van der Waals surface area contributed by atoms with Crippen molar-refractivity contribution in [1.82, 2.24) is 20.5 Å². The van der Waals surface area contributed by atoms with E-state index in [9.17, 15) is 24.3 Å². The van der Waals surface area contributed by atoms with Crippen molar-refractivity contribution >= 4 is 34.6 Å². The van der Waals surface area contributed by atoms with Crippen LogP contribution in [0.2, 0.25) is 0 Å². The number of nitrogens with two attached hydrogens (primary N) is 1. The van der Waals surface area contributed by atoms with Crippen LogP contribution in [0.3, 0.4) is 0 Å². The monoisotopic (exact) mass is 561 g/mol. The zero-order valence-electron chi connectivity index (χ0n) is 23.5. The quantitative estimate of drug-likeness (QED) is 0.228. The first kappa shape index (κ1) is 29.8. The number of fused-ring (bicyclic) bond motifs is 1. The van der Waals surface area contributed by atoms with Gasteiger partial charge in [0.15, 0.2) is 0 Å². The van der Waals surface area contributed by atoms with Crippen LogP contribution >= 0.6 is 0 Å². The Hall–Kier alpha value is -4.18. The molecule has 3 amide bonds. The summed E-state index contributed by atoms with van der Waals surface area (Å²) in [6, 6.07) is 13.3. The number of aromatic nitrogens is 1. The highest BCUT2D eigenvalue weighted by molar-refractivity contribution is 5.94. The Morgan fingerprint density at radius 1 is 0.976 bits per heavy atom. The summed E-state index contributed by atoms with van der Waals surface area (Å²) in [7, 11) is 0. The number of hydrogen-bond donors (Lipinski definition) is 5. The number of carbonyl (C=O) groups is 4. The first-order valence-electron chi connectivity index (χ1n) is 14.1. The van der Waals surface area contributed by atoms with Gasteiger partial charge in [0.05, 0.1) is 6.04 Å². The van der Waals surface area contributed by atoms with Gasteiger partial charge in [-0.1, -0.05) is 62.4 Å². The van der Waals surface area contributed by atoms with Gasteiger partial charge in [-0.25, -0.2) is 4.79 Å². The number of aliphatic carboxylic acids is 1. The topological polar surface area (TPSA) is 158 Å². The predicted octanol–water partition coefficient (Wildman–Crippen LogP) is 2.37. The molecule has 1 saturated heterocycles. The Kier molecular flexibility index (Phi) is 9.78. The number of likely N-dealkylation sites (tertiary alicyclic amines) is 1. The Balaban J connectivity index is 1.49. The van der Waals surface area contributed by atoms with Crippen LogP contribution in [0, 0.1) is 5.92 Å². The lowest BCUT2D eigenvalue weighted by Crippen LogP contribution is -2.58. The van der Waals surface area contributed by atoms with E-state index in [-0.39, 0.29) is 18.8 Å². The summed E-state index contributed by atoms with van der Waals surface area (Å²) >= 11 is 0. The number of para-hydroxylation sites is 1. The molecule has 10 heteroatoms. The molecule has 3 aromatic rings. The number of nitrogens with one attached hydrogen (secondary N) is 3. The molecular weight excluding hydrogens is 522 g/mol. The van der Waals surface area contributed by atoms with E-state index in [0.29, 0.717) is 25.8 Å². The van der Waals surface area contributed by atoms with Crippen molar-refractivity contribution in [3.8, 4) is 0 Å². The van der Waals surface area contributed by atoms with Crippen molar-refractivity contribution in [2.24, 2.45) is 11.7 Å². The molecule has 4 atom stereocenters. The molecule has 4 unspecified atom stereocenters. The van der Waals surface area contributed by atoms with Crippen LogP contribution in [0.5, 0.6) is 0 Å². The summed E-state index contributed by atoms with van der Waals surface area (Å²) < 4.78 is 0. The van der Waals surface area contributed by atoms with Crippen LogP contribution in [0.25, 0.3) is 10.9 Å². The Morgan fingerprint density at radius 2 is 1.66 bits per heavy atom. The van der Waals surface area contributed by atoms with Crippen LogP contribution in [-0.4, -0.2) is 69.4 Å². The largest absolute Gasteiger partial charge is 0.480 e. The van der Waals surface area contributed by atoms with Gasteiger partial charge in [-0.05, 0) is 48.8 Å². The highest BCUT2D eigenvalue weighted by atomic mass is 16.4. The maximum atomic E-state index is 13.6. The number of H-pyrrole nitrogens is 1. The Labute approximate surface area is 239 Å². The minimum absolute atomic E-state index is 0.0640. The first-order chi connectivity index (χ1) is 19.6. The zero-order chi connectivity index (χ0) is 29.5. The van der Waals surface area contributed by atoms with Gasteiger partial charge in [0.1, 0.15) is 18.1 Å². The molecule has 0 bridgehead atoms. The van der Waals surface area contributed by atoms with E-state index < -0.39 is 47.9 Å². The molecule has 0 spiro atoms. The molecule has 2 aromatic carbocycles. The summed E-state index contributed by atoms with van der Waals surface area (Å²) in [5.74, 6) is -2.42. The molecule has 4 rings (SSSR count). The molecule has 1 aliphatic heterocycles. The number of carboxylic acid groups (broad SMARTS) is 1. The summed E-state index contributed by atoms with van der Waals surface area (Å²) in [6.45, 7) is 4.19. The first-order valence-corrected chi connectivity index (χ1v) is 14.1. The van der Waals surface area contributed by atoms with Gasteiger partial charge in [0.25, 0.3) is 0 Å². The van der Waals surface area contributed by atoms with Crippen LogP contribution in [-0.2, 0) is 32.0 Å². The summed E-state index contributed by atoms with van der Waals surface area (Å²) in [5, 5.41) is 16.3. The maximum absolute atomic E-state index is 13.6. The van der Waals surface area contributed by atoms with Gasteiger partial charge in [0, 0.05) is 30.1 Å². The average Bonchev–Trinajstić information content (AvgIpc) is 3.60. The van der Waals surface area contributed by atoms with Gasteiger partial charge >= 0.3 is 5.97 Å². The second kappa shape index (κ2) is 13.5. The van der Waals surface area contributed by atoms with Gasteiger partial charge in [-0.3, -0.25) is 14.4 Å². The van der Waals surface area contributed by atoms with Crippen molar-refractivity contribution in [1.29, 1.82) is 0 Å². The predicted molar refractivity (Wildman–Crippen MR) is 156 cm³/mol.